The zero-order valence-corrected chi connectivity index (χ0v) is 19.9. The van der Waals surface area contributed by atoms with Gasteiger partial charge in [0.1, 0.15) is 6.10 Å². The average Bonchev–Trinajstić information content (AvgIpc) is 3.33. The maximum absolute atomic E-state index is 13.2. The van der Waals surface area contributed by atoms with E-state index in [2.05, 4.69) is 11.1 Å². The van der Waals surface area contributed by atoms with E-state index in [-0.39, 0.29) is 6.61 Å². The molecule has 37 heavy (non-hydrogen) atoms. The molecule has 0 bridgehead atoms. The van der Waals surface area contributed by atoms with Crippen LogP contribution < -0.4 is 0 Å². The quantitative estimate of drug-likeness (QED) is 0.245. The molecular formula is C30H22F3N3O. The second-order valence-corrected chi connectivity index (χ2v) is 8.76. The minimum absolute atomic E-state index is 0.0383. The number of fused-ring (bicyclic) bond motifs is 1. The topological polar surface area (TPSA) is 50.8 Å². The second kappa shape index (κ2) is 9.92. The van der Waals surface area contributed by atoms with Crippen molar-refractivity contribution >= 4 is 10.8 Å². The highest BCUT2D eigenvalue weighted by Crippen LogP contribution is 2.36. The number of hydrogen-bond donors (Lipinski definition) is 0. The zero-order chi connectivity index (χ0) is 26.0. The summed E-state index contributed by atoms with van der Waals surface area (Å²) >= 11 is 0. The molecule has 0 aliphatic carbocycles. The number of aromatic nitrogens is 2. The summed E-state index contributed by atoms with van der Waals surface area (Å²) in [6.45, 7) is -0.0383. The van der Waals surface area contributed by atoms with E-state index < -0.39 is 17.8 Å². The van der Waals surface area contributed by atoms with E-state index >= 15 is 0 Å². The van der Waals surface area contributed by atoms with Crippen LogP contribution in [0.25, 0.3) is 21.9 Å². The highest BCUT2D eigenvalue weighted by atomic mass is 19.4. The Bertz CT molecular complexity index is 1610. The molecule has 0 aliphatic heterocycles. The van der Waals surface area contributed by atoms with Gasteiger partial charge in [0.25, 0.3) is 0 Å². The SMILES string of the molecule is Cn1cncc1C(OCc1cccc(C(F)(F)F)c1)c1ccc(C#N)c(-c2cccc3ccccc23)c1. The van der Waals surface area contributed by atoms with Crippen molar-refractivity contribution in [3.8, 4) is 17.2 Å². The molecule has 0 aliphatic rings. The van der Waals surface area contributed by atoms with Crippen molar-refractivity contribution in [2.75, 3.05) is 0 Å². The number of halogens is 3. The van der Waals surface area contributed by atoms with Crippen molar-refractivity contribution in [3.63, 3.8) is 0 Å². The number of nitriles is 1. The Morgan fingerprint density at radius 3 is 2.49 bits per heavy atom. The molecule has 1 unspecified atom stereocenters. The van der Waals surface area contributed by atoms with E-state index in [0.717, 1.165) is 45.3 Å². The van der Waals surface area contributed by atoms with Crippen molar-refractivity contribution in [3.05, 3.63) is 125 Å². The Balaban J connectivity index is 1.57. The summed E-state index contributed by atoms with van der Waals surface area (Å²) in [5.41, 5.74) is 3.37. The van der Waals surface area contributed by atoms with Gasteiger partial charge < -0.3 is 9.30 Å². The van der Waals surface area contributed by atoms with Crippen LogP contribution in [0.2, 0.25) is 0 Å². The van der Waals surface area contributed by atoms with E-state index in [0.29, 0.717) is 11.1 Å². The van der Waals surface area contributed by atoms with E-state index in [9.17, 15) is 18.4 Å². The lowest BCUT2D eigenvalue weighted by Gasteiger charge is -2.21. The van der Waals surface area contributed by atoms with E-state index in [1.807, 2.05) is 66.2 Å². The van der Waals surface area contributed by atoms with Crippen LogP contribution in [0.4, 0.5) is 13.2 Å². The van der Waals surface area contributed by atoms with Gasteiger partial charge in [-0.3, -0.25) is 0 Å². The first-order valence-corrected chi connectivity index (χ1v) is 11.6. The summed E-state index contributed by atoms with van der Waals surface area (Å²) in [6, 6.07) is 26.8. The Morgan fingerprint density at radius 1 is 0.946 bits per heavy atom. The van der Waals surface area contributed by atoms with Gasteiger partial charge >= 0.3 is 6.18 Å². The minimum atomic E-state index is -4.43. The smallest absolute Gasteiger partial charge is 0.363 e. The van der Waals surface area contributed by atoms with Crippen molar-refractivity contribution in [2.45, 2.75) is 18.9 Å². The van der Waals surface area contributed by atoms with Gasteiger partial charge in [-0.25, -0.2) is 4.98 Å². The zero-order valence-electron chi connectivity index (χ0n) is 19.9. The van der Waals surface area contributed by atoms with Gasteiger partial charge in [0.15, 0.2) is 0 Å². The molecule has 5 aromatic rings. The van der Waals surface area contributed by atoms with E-state index in [4.69, 9.17) is 4.74 Å². The number of aryl methyl sites for hydroxylation is 1. The highest BCUT2D eigenvalue weighted by molar-refractivity contribution is 5.97. The van der Waals surface area contributed by atoms with E-state index in [1.165, 1.54) is 6.07 Å². The largest absolute Gasteiger partial charge is 0.416 e. The minimum Gasteiger partial charge on any atom is -0.363 e. The van der Waals surface area contributed by atoms with Crippen LogP contribution in [-0.2, 0) is 24.6 Å². The van der Waals surface area contributed by atoms with Gasteiger partial charge in [0, 0.05) is 12.6 Å². The normalized spacial score (nSPS) is 12.4. The maximum Gasteiger partial charge on any atom is 0.416 e. The number of imidazole rings is 1. The number of benzene rings is 4. The Morgan fingerprint density at radius 2 is 1.73 bits per heavy atom. The lowest BCUT2D eigenvalue weighted by molar-refractivity contribution is -0.137. The lowest BCUT2D eigenvalue weighted by Crippen LogP contribution is -2.11. The van der Waals surface area contributed by atoms with Crippen LogP contribution in [0.5, 0.6) is 0 Å². The fraction of sp³-hybridized carbons (Fsp3) is 0.133. The monoisotopic (exact) mass is 497 g/mol. The molecular weight excluding hydrogens is 475 g/mol. The van der Waals surface area contributed by atoms with Gasteiger partial charge in [-0.1, -0.05) is 60.7 Å². The molecule has 4 nitrogen and oxygen atoms in total. The molecule has 184 valence electrons. The number of ether oxygens (including phenoxy) is 1. The molecule has 0 radical (unpaired) electrons. The molecule has 0 fully saturated rings. The summed E-state index contributed by atoms with van der Waals surface area (Å²) in [7, 11) is 1.83. The van der Waals surface area contributed by atoms with Gasteiger partial charge in [-0.15, -0.1) is 0 Å². The molecule has 0 N–H and O–H groups in total. The molecule has 7 heteroatoms. The average molecular weight is 498 g/mol. The molecule has 0 amide bonds. The van der Waals surface area contributed by atoms with Crippen molar-refractivity contribution in [1.82, 2.24) is 9.55 Å². The third kappa shape index (κ3) is 4.97. The second-order valence-electron chi connectivity index (χ2n) is 8.76. The van der Waals surface area contributed by atoms with Crippen molar-refractivity contribution in [2.24, 2.45) is 7.05 Å². The van der Waals surface area contributed by atoms with Gasteiger partial charge in [-0.2, -0.15) is 18.4 Å². The number of hydrogen-bond acceptors (Lipinski definition) is 3. The molecule has 0 saturated carbocycles. The van der Waals surface area contributed by atoms with Gasteiger partial charge in [0.05, 0.1) is 42.0 Å². The van der Waals surface area contributed by atoms with Crippen LogP contribution in [-0.4, -0.2) is 9.55 Å². The Kier molecular flexibility index (Phi) is 6.51. The maximum atomic E-state index is 13.2. The lowest BCUT2D eigenvalue weighted by atomic mass is 9.92. The first kappa shape index (κ1) is 24.3. The van der Waals surface area contributed by atoms with Gasteiger partial charge in [-0.05, 0) is 51.7 Å². The summed E-state index contributed by atoms with van der Waals surface area (Å²) in [6.07, 6.45) is -1.74. The van der Waals surface area contributed by atoms with Crippen LogP contribution in [0.15, 0.2) is 97.5 Å². The number of alkyl halides is 3. The first-order valence-electron chi connectivity index (χ1n) is 11.6. The van der Waals surface area contributed by atoms with Crippen LogP contribution in [0, 0.1) is 11.3 Å². The number of rotatable bonds is 6. The summed E-state index contributed by atoms with van der Waals surface area (Å²) in [5.74, 6) is 0. The van der Waals surface area contributed by atoms with Gasteiger partial charge in [0.2, 0.25) is 0 Å². The van der Waals surface area contributed by atoms with Crippen LogP contribution in [0.3, 0.4) is 0 Å². The predicted molar refractivity (Wildman–Crippen MR) is 135 cm³/mol. The summed E-state index contributed by atoms with van der Waals surface area (Å²) in [4.78, 5) is 4.21. The first-order chi connectivity index (χ1) is 17.8. The number of nitrogens with zero attached hydrogens (tertiary/aromatic N) is 3. The standard InChI is InChI=1S/C30H22F3N3O/c1-36-19-35-17-28(36)29(37-18-20-6-4-9-24(14-20)30(31,32)33)22-12-13-23(16-34)27(15-22)26-11-5-8-21-7-2-3-10-25(21)26/h2-15,17,19,29H,18H2,1H3. The molecule has 0 saturated heterocycles. The Hall–Kier alpha value is -4.41. The third-order valence-corrected chi connectivity index (χ3v) is 6.34. The third-order valence-electron chi connectivity index (χ3n) is 6.34. The van der Waals surface area contributed by atoms with Crippen LogP contribution in [0.1, 0.15) is 34.1 Å². The van der Waals surface area contributed by atoms with E-state index in [1.54, 1.807) is 24.7 Å². The van der Waals surface area contributed by atoms with Crippen molar-refractivity contribution < 1.29 is 17.9 Å². The molecule has 1 heterocycles. The summed E-state index contributed by atoms with van der Waals surface area (Å²) in [5, 5.41) is 11.9. The molecule has 1 aromatic heterocycles. The molecule has 1 atom stereocenters. The van der Waals surface area contributed by atoms with Crippen molar-refractivity contribution in [1.29, 1.82) is 5.26 Å². The fourth-order valence-electron chi connectivity index (χ4n) is 4.50. The summed E-state index contributed by atoms with van der Waals surface area (Å²) < 4.78 is 47.7. The Labute approximate surface area is 212 Å². The molecule has 4 aromatic carbocycles. The fourth-order valence-corrected chi connectivity index (χ4v) is 4.50. The molecule has 5 rings (SSSR count). The highest BCUT2D eigenvalue weighted by Gasteiger charge is 2.30. The van der Waals surface area contributed by atoms with Crippen LogP contribution >= 0.6 is 0 Å². The predicted octanol–water partition coefficient (Wildman–Crippen LogP) is 7.44. The molecule has 0 spiro atoms.